The van der Waals surface area contributed by atoms with Crippen LogP contribution in [0.4, 0.5) is 9.39 Å². The Kier molecular flexibility index (Phi) is 6.35. The Balaban J connectivity index is 1.61. The maximum atomic E-state index is 14.3. The zero-order valence-electron chi connectivity index (χ0n) is 18.0. The Morgan fingerprint density at radius 2 is 1.81 bits per heavy atom. The summed E-state index contributed by atoms with van der Waals surface area (Å²) in [7, 11) is 0. The number of halogens is 1. The van der Waals surface area contributed by atoms with Crippen LogP contribution >= 0.6 is 11.3 Å². The fourth-order valence-corrected chi connectivity index (χ4v) is 6.13. The highest BCUT2D eigenvalue weighted by molar-refractivity contribution is 7.16. The number of amides is 1. The number of rotatable bonds is 5. The molecular weight excluding hydrogens is 423 g/mol. The van der Waals surface area contributed by atoms with Crippen LogP contribution in [0.2, 0.25) is 0 Å². The van der Waals surface area contributed by atoms with Crippen LogP contribution < -0.4 is 5.32 Å². The number of fused-ring (bicyclic) bond motifs is 1. The SMILES string of the molecule is O=C(Nc1sc2c(c1C(c1cccc(F)c1)N1CCOCC1)CCCC2)c1ccccc1. The molecule has 1 fully saturated rings. The molecule has 166 valence electrons. The minimum Gasteiger partial charge on any atom is -0.379 e. The number of anilines is 1. The highest BCUT2D eigenvalue weighted by Crippen LogP contribution is 2.45. The van der Waals surface area contributed by atoms with E-state index in [4.69, 9.17) is 4.74 Å². The molecule has 2 aliphatic rings. The molecule has 1 aromatic heterocycles. The van der Waals surface area contributed by atoms with Crippen LogP contribution in [0.1, 0.15) is 50.8 Å². The number of carbonyl (C=O) groups is 1. The molecule has 3 aromatic rings. The highest BCUT2D eigenvalue weighted by Gasteiger charge is 2.33. The molecule has 2 aromatic carbocycles. The number of aryl methyl sites for hydroxylation is 1. The molecule has 32 heavy (non-hydrogen) atoms. The van der Waals surface area contributed by atoms with Crippen molar-refractivity contribution in [1.29, 1.82) is 0 Å². The predicted molar refractivity (Wildman–Crippen MR) is 126 cm³/mol. The normalized spacial score (nSPS) is 17.5. The van der Waals surface area contributed by atoms with E-state index in [9.17, 15) is 9.18 Å². The van der Waals surface area contributed by atoms with Crippen LogP contribution in [0.25, 0.3) is 0 Å². The van der Waals surface area contributed by atoms with Gasteiger partial charge in [-0.25, -0.2) is 4.39 Å². The van der Waals surface area contributed by atoms with Gasteiger partial charge in [-0.3, -0.25) is 9.69 Å². The number of hydrogen-bond donors (Lipinski definition) is 1. The van der Waals surface area contributed by atoms with Gasteiger partial charge in [-0.1, -0.05) is 30.3 Å². The fourth-order valence-electron chi connectivity index (χ4n) is 4.81. The second-order valence-corrected chi connectivity index (χ2v) is 9.48. The van der Waals surface area contributed by atoms with Crippen molar-refractivity contribution in [2.45, 2.75) is 31.7 Å². The molecule has 1 aliphatic heterocycles. The zero-order valence-corrected chi connectivity index (χ0v) is 18.8. The molecule has 0 spiro atoms. The van der Waals surface area contributed by atoms with Gasteiger partial charge in [0.1, 0.15) is 10.8 Å². The Bertz CT molecular complexity index is 1090. The molecule has 5 rings (SSSR count). The number of ether oxygens (including phenoxy) is 1. The summed E-state index contributed by atoms with van der Waals surface area (Å²) in [6, 6.07) is 16.1. The second kappa shape index (κ2) is 9.53. The van der Waals surface area contributed by atoms with Crippen molar-refractivity contribution in [1.82, 2.24) is 4.90 Å². The number of nitrogens with one attached hydrogen (secondary N) is 1. The van der Waals surface area contributed by atoms with Crippen LogP contribution in [0, 0.1) is 5.82 Å². The van der Waals surface area contributed by atoms with Gasteiger partial charge in [-0.05, 0) is 61.1 Å². The minimum atomic E-state index is -0.236. The third-order valence-corrected chi connectivity index (χ3v) is 7.55. The molecule has 0 radical (unpaired) electrons. The van der Waals surface area contributed by atoms with E-state index in [1.807, 2.05) is 36.4 Å². The van der Waals surface area contributed by atoms with Crippen LogP contribution in [-0.4, -0.2) is 37.1 Å². The van der Waals surface area contributed by atoms with Crippen molar-refractivity contribution >= 4 is 22.2 Å². The van der Waals surface area contributed by atoms with Crippen LogP contribution in [0.5, 0.6) is 0 Å². The van der Waals surface area contributed by atoms with E-state index in [0.29, 0.717) is 18.8 Å². The number of carbonyl (C=O) groups excluding carboxylic acids is 1. The smallest absolute Gasteiger partial charge is 0.256 e. The third kappa shape index (κ3) is 4.35. The summed E-state index contributed by atoms with van der Waals surface area (Å²) in [4.78, 5) is 16.8. The summed E-state index contributed by atoms with van der Waals surface area (Å²) in [5.41, 5.74) is 4.04. The Hall–Kier alpha value is -2.54. The van der Waals surface area contributed by atoms with Gasteiger partial charge in [-0.15, -0.1) is 11.3 Å². The van der Waals surface area contributed by atoms with Gasteiger partial charge in [0.25, 0.3) is 5.91 Å². The van der Waals surface area contributed by atoms with Gasteiger partial charge in [0, 0.05) is 29.1 Å². The minimum absolute atomic E-state index is 0.106. The number of hydrogen-bond acceptors (Lipinski definition) is 4. The van der Waals surface area contributed by atoms with E-state index in [2.05, 4.69) is 10.2 Å². The first kappa shape index (κ1) is 21.3. The maximum Gasteiger partial charge on any atom is 0.256 e. The Morgan fingerprint density at radius 3 is 2.59 bits per heavy atom. The fraction of sp³-hybridized carbons (Fsp3) is 0.346. The summed E-state index contributed by atoms with van der Waals surface area (Å²) < 4.78 is 19.9. The Labute approximate surface area is 192 Å². The van der Waals surface area contributed by atoms with Crippen molar-refractivity contribution < 1.29 is 13.9 Å². The van der Waals surface area contributed by atoms with E-state index in [1.165, 1.54) is 22.9 Å². The van der Waals surface area contributed by atoms with Crippen molar-refractivity contribution in [2.75, 3.05) is 31.6 Å². The van der Waals surface area contributed by atoms with Gasteiger partial charge >= 0.3 is 0 Å². The third-order valence-electron chi connectivity index (χ3n) is 6.32. The molecule has 2 heterocycles. The first-order chi connectivity index (χ1) is 15.7. The van der Waals surface area contributed by atoms with Crippen LogP contribution in [0.15, 0.2) is 54.6 Å². The molecule has 1 saturated heterocycles. The average molecular weight is 451 g/mol. The Morgan fingerprint density at radius 1 is 1.03 bits per heavy atom. The highest BCUT2D eigenvalue weighted by atomic mass is 32.1. The second-order valence-electron chi connectivity index (χ2n) is 8.38. The lowest BCUT2D eigenvalue weighted by atomic mass is 9.88. The predicted octanol–water partition coefficient (Wildman–Crippen LogP) is 5.44. The first-order valence-corrected chi connectivity index (χ1v) is 12.1. The van der Waals surface area contributed by atoms with Gasteiger partial charge < -0.3 is 10.1 Å². The van der Waals surface area contributed by atoms with E-state index in [-0.39, 0.29) is 17.8 Å². The standard InChI is InChI=1S/C26H27FN2O2S/c27-20-10-6-9-19(17-20)24(29-13-15-31-16-14-29)23-21-11-4-5-12-22(21)32-26(23)28-25(30)18-7-2-1-3-8-18/h1-3,6-10,17,24H,4-5,11-16H2,(H,28,30). The number of nitrogens with zero attached hydrogens (tertiary/aromatic N) is 1. The molecule has 6 heteroatoms. The van der Waals surface area contributed by atoms with Crippen molar-refractivity contribution in [2.24, 2.45) is 0 Å². The van der Waals surface area contributed by atoms with Gasteiger partial charge in [-0.2, -0.15) is 0 Å². The molecule has 4 nitrogen and oxygen atoms in total. The topological polar surface area (TPSA) is 41.6 Å². The number of morpholine rings is 1. The summed E-state index contributed by atoms with van der Waals surface area (Å²) >= 11 is 1.69. The molecule has 0 bridgehead atoms. The van der Waals surface area contributed by atoms with E-state index < -0.39 is 0 Å². The maximum absolute atomic E-state index is 14.3. The lowest BCUT2D eigenvalue weighted by Crippen LogP contribution is -2.40. The first-order valence-electron chi connectivity index (χ1n) is 11.3. The summed E-state index contributed by atoms with van der Waals surface area (Å²) in [6.45, 7) is 2.86. The summed E-state index contributed by atoms with van der Waals surface area (Å²) in [6.07, 6.45) is 4.34. The van der Waals surface area contributed by atoms with Gasteiger partial charge in [0.05, 0.1) is 19.3 Å². The average Bonchev–Trinajstić information content (AvgIpc) is 3.18. The lowest BCUT2D eigenvalue weighted by molar-refractivity contribution is 0.0239. The zero-order chi connectivity index (χ0) is 21.9. The number of benzene rings is 2. The molecule has 1 atom stereocenters. The van der Waals surface area contributed by atoms with Gasteiger partial charge in [0.2, 0.25) is 0 Å². The molecule has 1 unspecified atom stereocenters. The summed E-state index contributed by atoms with van der Waals surface area (Å²) in [5, 5.41) is 4.11. The van der Waals surface area contributed by atoms with Crippen LogP contribution in [0.3, 0.4) is 0 Å². The molecular formula is C26H27FN2O2S. The molecule has 0 saturated carbocycles. The van der Waals surface area contributed by atoms with E-state index >= 15 is 0 Å². The van der Waals surface area contributed by atoms with E-state index in [1.54, 1.807) is 23.5 Å². The molecule has 1 aliphatic carbocycles. The number of thiophene rings is 1. The molecule has 1 amide bonds. The quantitative estimate of drug-likeness (QED) is 0.563. The molecule has 1 N–H and O–H groups in total. The van der Waals surface area contributed by atoms with E-state index in [0.717, 1.165) is 48.5 Å². The monoisotopic (exact) mass is 450 g/mol. The lowest BCUT2D eigenvalue weighted by Gasteiger charge is -2.36. The van der Waals surface area contributed by atoms with Gasteiger partial charge in [0.15, 0.2) is 0 Å². The van der Waals surface area contributed by atoms with Crippen molar-refractivity contribution in [3.8, 4) is 0 Å². The van der Waals surface area contributed by atoms with Crippen molar-refractivity contribution in [3.05, 3.63) is 87.5 Å². The largest absolute Gasteiger partial charge is 0.379 e. The summed E-state index contributed by atoms with van der Waals surface area (Å²) in [5.74, 6) is -0.342. The van der Waals surface area contributed by atoms with Crippen molar-refractivity contribution in [3.63, 3.8) is 0 Å². The van der Waals surface area contributed by atoms with Crippen LogP contribution in [-0.2, 0) is 17.6 Å².